The highest BCUT2D eigenvalue weighted by Gasteiger charge is 2.22. The lowest BCUT2D eigenvalue weighted by atomic mass is 9.97. The second-order valence-electron chi connectivity index (χ2n) is 5.65. The highest BCUT2D eigenvalue weighted by molar-refractivity contribution is 7.98. The summed E-state index contributed by atoms with van der Waals surface area (Å²) in [5.41, 5.74) is 0. The van der Waals surface area contributed by atoms with Crippen molar-refractivity contribution in [1.29, 1.82) is 0 Å². The predicted molar refractivity (Wildman–Crippen MR) is 84.5 cm³/mol. The fourth-order valence-corrected chi connectivity index (χ4v) is 3.14. The first kappa shape index (κ1) is 16.3. The summed E-state index contributed by atoms with van der Waals surface area (Å²) < 4.78 is 0. The Morgan fingerprint density at radius 3 is 2.78 bits per heavy atom. The van der Waals surface area contributed by atoms with E-state index in [0.29, 0.717) is 0 Å². The summed E-state index contributed by atoms with van der Waals surface area (Å²) in [6.07, 6.45) is 9.12. The van der Waals surface area contributed by atoms with Crippen LogP contribution in [0.1, 0.15) is 46.0 Å². The number of nitrogens with one attached hydrogen (secondary N) is 1. The van der Waals surface area contributed by atoms with E-state index in [0.717, 1.165) is 12.0 Å². The molecule has 2 nitrogen and oxygen atoms in total. The Morgan fingerprint density at radius 2 is 2.06 bits per heavy atom. The van der Waals surface area contributed by atoms with Crippen LogP contribution < -0.4 is 5.32 Å². The largest absolute Gasteiger partial charge is 0.311 e. The molecule has 0 saturated carbocycles. The summed E-state index contributed by atoms with van der Waals surface area (Å²) in [4.78, 5) is 2.67. The quantitative estimate of drug-likeness (QED) is 0.649. The van der Waals surface area contributed by atoms with Crippen molar-refractivity contribution >= 4 is 11.8 Å². The minimum absolute atomic E-state index is 0.722. The maximum atomic E-state index is 3.67. The molecule has 0 aromatic heterocycles. The van der Waals surface area contributed by atoms with Crippen LogP contribution in [0.4, 0.5) is 0 Å². The van der Waals surface area contributed by atoms with Gasteiger partial charge in [-0.25, -0.2) is 0 Å². The summed E-state index contributed by atoms with van der Waals surface area (Å²) in [5, 5.41) is 3.67. The molecule has 0 aromatic rings. The van der Waals surface area contributed by atoms with Gasteiger partial charge in [-0.1, -0.05) is 33.1 Å². The molecule has 0 amide bonds. The van der Waals surface area contributed by atoms with Crippen molar-refractivity contribution in [2.24, 2.45) is 5.92 Å². The Hall–Kier alpha value is 0.270. The van der Waals surface area contributed by atoms with E-state index in [2.05, 4.69) is 30.3 Å². The van der Waals surface area contributed by atoms with E-state index in [9.17, 15) is 0 Å². The van der Waals surface area contributed by atoms with Crippen LogP contribution in [0.2, 0.25) is 0 Å². The van der Waals surface area contributed by atoms with Gasteiger partial charge < -0.3 is 10.2 Å². The molecule has 2 unspecified atom stereocenters. The zero-order valence-electron chi connectivity index (χ0n) is 12.6. The third kappa shape index (κ3) is 6.44. The standard InChI is InChI=1S/C15H32N2S/c1-4-14(2)15-13-17(11-9-16-15)10-7-5-6-8-12-18-3/h14-16H,4-13H2,1-3H3. The first-order chi connectivity index (χ1) is 8.77. The van der Waals surface area contributed by atoms with Crippen LogP contribution in [0.3, 0.4) is 0 Å². The van der Waals surface area contributed by atoms with Crippen LogP contribution in [-0.2, 0) is 0 Å². The molecule has 1 aliphatic heterocycles. The van der Waals surface area contributed by atoms with Crippen molar-refractivity contribution < 1.29 is 0 Å². The summed E-state index contributed by atoms with van der Waals surface area (Å²) in [7, 11) is 0. The average Bonchev–Trinajstić information content (AvgIpc) is 2.42. The molecule has 0 bridgehead atoms. The van der Waals surface area contributed by atoms with Gasteiger partial charge in [0.2, 0.25) is 0 Å². The number of nitrogens with zero attached hydrogens (tertiary/aromatic N) is 1. The Labute approximate surface area is 118 Å². The smallest absolute Gasteiger partial charge is 0.0221 e. The minimum Gasteiger partial charge on any atom is -0.311 e. The van der Waals surface area contributed by atoms with Gasteiger partial charge in [-0.05, 0) is 37.3 Å². The minimum atomic E-state index is 0.722. The SMILES string of the molecule is CCC(C)C1CN(CCCCCCSC)CCN1. The highest BCUT2D eigenvalue weighted by Crippen LogP contribution is 2.13. The second-order valence-corrected chi connectivity index (χ2v) is 6.64. The molecule has 2 atom stereocenters. The van der Waals surface area contributed by atoms with Crippen LogP contribution in [0.5, 0.6) is 0 Å². The second kappa shape index (κ2) is 10.1. The van der Waals surface area contributed by atoms with E-state index in [1.165, 1.54) is 64.0 Å². The molecular weight excluding hydrogens is 240 g/mol. The number of thioether (sulfide) groups is 1. The van der Waals surface area contributed by atoms with Gasteiger partial charge in [-0.15, -0.1) is 0 Å². The van der Waals surface area contributed by atoms with Crippen molar-refractivity contribution in [2.45, 2.75) is 52.0 Å². The number of hydrogen-bond acceptors (Lipinski definition) is 3. The predicted octanol–water partition coefficient (Wildman–Crippen LogP) is 3.23. The molecule has 1 rings (SSSR count). The lowest BCUT2D eigenvalue weighted by molar-refractivity contribution is 0.166. The van der Waals surface area contributed by atoms with Gasteiger partial charge in [0.05, 0.1) is 0 Å². The van der Waals surface area contributed by atoms with Gasteiger partial charge in [0, 0.05) is 25.7 Å². The maximum absolute atomic E-state index is 3.67. The third-order valence-corrected chi connectivity index (χ3v) is 4.89. The molecule has 1 saturated heterocycles. The van der Waals surface area contributed by atoms with E-state index < -0.39 is 0 Å². The Morgan fingerprint density at radius 1 is 1.28 bits per heavy atom. The molecule has 1 N–H and O–H groups in total. The van der Waals surface area contributed by atoms with Gasteiger partial charge in [0.25, 0.3) is 0 Å². The monoisotopic (exact) mass is 272 g/mol. The molecule has 0 spiro atoms. The molecule has 0 aliphatic carbocycles. The highest BCUT2D eigenvalue weighted by atomic mass is 32.2. The van der Waals surface area contributed by atoms with Crippen molar-refractivity contribution in [3.63, 3.8) is 0 Å². The van der Waals surface area contributed by atoms with Crippen molar-refractivity contribution in [2.75, 3.05) is 38.2 Å². The molecule has 108 valence electrons. The van der Waals surface area contributed by atoms with Gasteiger partial charge >= 0.3 is 0 Å². The van der Waals surface area contributed by atoms with Crippen LogP contribution in [0.25, 0.3) is 0 Å². The van der Waals surface area contributed by atoms with Gasteiger partial charge in [-0.2, -0.15) is 11.8 Å². The van der Waals surface area contributed by atoms with Crippen molar-refractivity contribution in [3.8, 4) is 0 Å². The van der Waals surface area contributed by atoms with Gasteiger partial charge in [-0.3, -0.25) is 0 Å². The first-order valence-corrected chi connectivity index (χ1v) is 9.12. The number of rotatable bonds is 9. The summed E-state index contributed by atoms with van der Waals surface area (Å²) in [6.45, 7) is 9.69. The van der Waals surface area contributed by atoms with E-state index in [1.54, 1.807) is 0 Å². The average molecular weight is 273 g/mol. The van der Waals surface area contributed by atoms with Gasteiger partial charge in [0.15, 0.2) is 0 Å². The molecule has 18 heavy (non-hydrogen) atoms. The Balaban J connectivity index is 2.07. The molecule has 1 aliphatic rings. The zero-order chi connectivity index (χ0) is 13.2. The van der Waals surface area contributed by atoms with Crippen LogP contribution in [0, 0.1) is 5.92 Å². The summed E-state index contributed by atoms with van der Waals surface area (Å²) in [5.74, 6) is 2.15. The summed E-state index contributed by atoms with van der Waals surface area (Å²) in [6, 6.07) is 0.722. The van der Waals surface area contributed by atoms with Crippen molar-refractivity contribution in [1.82, 2.24) is 10.2 Å². The van der Waals surface area contributed by atoms with Crippen LogP contribution >= 0.6 is 11.8 Å². The van der Waals surface area contributed by atoms with Gasteiger partial charge in [0.1, 0.15) is 0 Å². The van der Waals surface area contributed by atoms with E-state index >= 15 is 0 Å². The molecule has 1 heterocycles. The van der Waals surface area contributed by atoms with E-state index in [1.807, 2.05) is 11.8 Å². The number of unbranched alkanes of at least 4 members (excludes halogenated alkanes) is 3. The molecule has 1 fully saturated rings. The fraction of sp³-hybridized carbons (Fsp3) is 1.00. The number of hydrogen-bond donors (Lipinski definition) is 1. The number of piperazine rings is 1. The molecular formula is C15H32N2S. The van der Waals surface area contributed by atoms with E-state index in [4.69, 9.17) is 0 Å². The normalized spacial score (nSPS) is 23.2. The topological polar surface area (TPSA) is 15.3 Å². The van der Waals surface area contributed by atoms with Crippen LogP contribution in [0.15, 0.2) is 0 Å². The lowest BCUT2D eigenvalue weighted by Gasteiger charge is -2.36. The maximum Gasteiger partial charge on any atom is 0.0221 e. The third-order valence-electron chi connectivity index (χ3n) is 4.19. The first-order valence-electron chi connectivity index (χ1n) is 7.72. The summed E-state index contributed by atoms with van der Waals surface area (Å²) >= 11 is 1.98. The van der Waals surface area contributed by atoms with E-state index in [-0.39, 0.29) is 0 Å². The fourth-order valence-electron chi connectivity index (χ4n) is 2.65. The molecule has 0 aromatic carbocycles. The van der Waals surface area contributed by atoms with Crippen molar-refractivity contribution in [3.05, 3.63) is 0 Å². The molecule has 0 radical (unpaired) electrons. The zero-order valence-corrected chi connectivity index (χ0v) is 13.4. The Bertz CT molecular complexity index is 199. The molecule has 3 heteroatoms. The Kier molecular flexibility index (Phi) is 9.16. The lowest BCUT2D eigenvalue weighted by Crippen LogP contribution is -2.53. The van der Waals surface area contributed by atoms with Crippen LogP contribution in [-0.4, -0.2) is 49.1 Å².